The molecule has 8 nitrogen and oxygen atoms in total. The molecule has 1 saturated heterocycles. The van der Waals surface area contributed by atoms with Crippen LogP contribution in [0.1, 0.15) is 0 Å². The van der Waals surface area contributed by atoms with Gasteiger partial charge in [-0.25, -0.2) is 0 Å². The number of benzene rings is 1. The first-order chi connectivity index (χ1) is 11.5. The molecule has 3 rings (SSSR count). The first kappa shape index (κ1) is 16.0. The Bertz CT molecular complexity index is 743. The number of anilines is 3. The van der Waals surface area contributed by atoms with Gasteiger partial charge in [-0.3, -0.25) is 9.69 Å². The lowest BCUT2D eigenvalue weighted by atomic mass is 10.1. The fraction of sp³-hybridized carbons (Fsp3) is 0.312. The Morgan fingerprint density at radius 1 is 1.12 bits per heavy atom. The molecule has 0 radical (unpaired) electrons. The molecule has 0 amide bonds. The third kappa shape index (κ3) is 3.38. The number of carbonyl (C=O) groups is 1. The number of hydrogen-bond acceptors (Lipinski definition) is 7. The SMILES string of the molecule is Nc1ccccc1-c1cc(N2CCN(CC(=O)O)CC2)c(N)nn1. The largest absolute Gasteiger partial charge is 0.480 e. The maximum Gasteiger partial charge on any atom is 0.317 e. The molecule has 0 bridgehead atoms. The molecule has 1 aromatic carbocycles. The Kier molecular flexibility index (Phi) is 4.48. The molecule has 24 heavy (non-hydrogen) atoms. The lowest BCUT2D eigenvalue weighted by Gasteiger charge is -2.35. The molecule has 126 valence electrons. The summed E-state index contributed by atoms with van der Waals surface area (Å²) >= 11 is 0. The topological polar surface area (TPSA) is 122 Å². The van der Waals surface area contributed by atoms with Crippen LogP contribution in [0.3, 0.4) is 0 Å². The number of hydrogen-bond donors (Lipinski definition) is 3. The smallest absolute Gasteiger partial charge is 0.317 e. The van der Waals surface area contributed by atoms with Crippen molar-refractivity contribution in [2.24, 2.45) is 0 Å². The van der Waals surface area contributed by atoms with Crippen molar-refractivity contribution in [2.45, 2.75) is 0 Å². The van der Waals surface area contributed by atoms with Gasteiger partial charge >= 0.3 is 5.97 Å². The molecule has 1 aromatic heterocycles. The van der Waals surface area contributed by atoms with Crippen LogP contribution in [-0.4, -0.2) is 58.9 Å². The Labute approximate surface area is 139 Å². The minimum absolute atomic E-state index is 0.0592. The quantitative estimate of drug-likeness (QED) is 0.694. The zero-order valence-corrected chi connectivity index (χ0v) is 13.2. The van der Waals surface area contributed by atoms with Gasteiger partial charge in [0.15, 0.2) is 5.82 Å². The molecule has 1 aliphatic heterocycles. The van der Waals surface area contributed by atoms with Crippen LogP contribution in [0.2, 0.25) is 0 Å². The van der Waals surface area contributed by atoms with E-state index >= 15 is 0 Å². The summed E-state index contributed by atoms with van der Waals surface area (Å²) in [5.41, 5.74) is 14.9. The summed E-state index contributed by atoms with van der Waals surface area (Å²) in [6.45, 7) is 2.76. The lowest BCUT2D eigenvalue weighted by Crippen LogP contribution is -2.48. The fourth-order valence-corrected chi connectivity index (χ4v) is 2.84. The molecular weight excluding hydrogens is 308 g/mol. The van der Waals surface area contributed by atoms with Gasteiger partial charge in [-0.05, 0) is 12.1 Å². The van der Waals surface area contributed by atoms with Crippen LogP contribution < -0.4 is 16.4 Å². The highest BCUT2D eigenvalue weighted by Crippen LogP contribution is 2.29. The van der Waals surface area contributed by atoms with Crippen LogP contribution in [0.4, 0.5) is 17.2 Å². The number of para-hydroxylation sites is 1. The predicted octanol–water partition coefficient (Wildman–Crippen LogP) is 0.515. The molecule has 0 atom stereocenters. The number of aromatic nitrogens is 2. The Morgan fingerprint density at radius 2 is 1.83 bits per heavy atom. The van der Waals surface area contributed by atoms with Crippen LogP contribution in [0.5, 0.6) is 0 Å². The molecule has 1 aliphatic rings. The third-order valence-electron chi connectivity index (χ3n) is 4.11. The van der Waals surface area contributed by atoms with Crippen molar-refractivity contribution < 1.29 is 9.90 Å². The Balaban J connectivity index is 1.81. The van der Waals surface area contributed by atoms with Gasteiger partial charge in [0, 0.05) is 37.4 Å². The number of carboxylic acids is 1. The van der Waals surface area contributed by atoms with Crippen molar-refractivity contribution in [1.82, 2.24) is 15.1 Å². The van der Waals surface area contributed by atoms with Gasteiger partial charge in [0.05, 0.1) is 17.9 Å². The summed E-state index contributed by atoms with van der Waals surface area (Å²) in [4.78, 5) is 14.8. The molecule has 0 saturated carbocycles. The summed E-state index contributed by atoms with van der Waals surface area (Å²) in [7, 11) is 0. The highest BCUT2D eigenvalue weighted by Gasteiger charge is 2.21. The van der Waals surface area contributed by atoms with Crippen LogP contribution >= 0.6 is 0 Å². The predicted molar refractivity (Wildman–Crippen MR) is 92.6 cm³/mol. The monoisotopic (exact) mass is 328 g/mol. The van der Waals surface area contributed by atoms with Gasteiger partial charge in [0.2, 0.25) is 0 Å². The Hall–Kier alpha value is -2.87. The zero-order chi connectivity index (χ0) is 17.1. The molecule has 2 heterocycles. The van der Waals surface area contributed by atoms with Gasteiger partial charge in [0.25, 0.3) is 0 Å². The van der Waals surface area contributed by atoms with Crippen molar-refractivity contribution in [2.75, 3.05) is 49.1 Å². The van der Waals surface area contributed by atoms with E-state index in [1.165, 1.54) is 0 Å². The average Bonchev–Trinajstić information content (AvgIpc) is 2.56. The van der Waals surface area contributed by atoms with Crippen molar-refractivity contribution in [3.63, 3.8) is 0 Å². The lowest BCUT2D eigenvalue weighted by molar-refractivity contribution is -0.138. The molecule has 0 spiro atoms. The van der Waals surface area contributed by atoms with E-state index in [0.29, 0.717) is 43.4 Å². The van der Waals surface area contributed by atoms with Gasteiger partial charge in [0.1, 0.15) is 0 Å². The van der Waals surface area contributed by atoms with E-state index in [1.54, 1.807) is 0 Å². The molecule has 8 heteroatoms. The van der Waals surface area contributed by atoms with Crippen molar-refractivity contribution in [1.29, 1.82) is 0 Å². The van der Waals surface area contributed by atoms with E-state index in [9.17, 15) is 4.79 Å². The second-order valence-corrected chi connectivity index (χ2v) is 5.74. The molecule has 2 aromatic rings. The van der Waals surface area contributed by atoms with Crippen LogP contribution in [0.15, 0.2) is 30.3 Å². The first-order valence-electron chi connectivity index (χ1n) is 7.72. The Morgan fingerprint density at radius 3 is 2.50 bits per heavy atom. The van der Waals surface area contributed by atoms with Gasteiger partial charge < -0.3 is 21.5 Å². The summed E-state index contributed by atoms with van der Waals surface area (Å²) in [6, 6.07) is 9.36. The van der Waals surface area contributed by atoms with Crippen LogP contribution in [0.25, 0.3) is 11.3 Å². The number of nitrogen functional groups attached to an aromatic ring is 2. The fourth-order valence-electron chi connectivity index (χ4n) is 2.84. The van der Waals surface area contributed by atoms with Gasteiger partial charge in [-0.1, -0.05) is 18.2 Å². The van der Waals surface area contributed by atoms with Gasteiger partial charge in [-0.2, -0.15) is 0 Å². The second kappa shape index (κ2) is 6.71. The van der Waals surface area contributed by atoms with Crippen LogP contribution in [0, 0.1) is 0 Å². The van der Waals surface area contributed by atoms with E-state index in [0.717, 1.165) is 11.3 Å². The molecule has 1 fully saturated rings. The van der Waals surface area contributed by atoms with E-state index in [-0.39, 0.29) is 6.54 Å². The minimum Gasteiger partial charge on any atom is -0.480 e. The number of piperazine rings is 1. The average molecular weight is 328 g/mol. The summed E-state index contributed by atoms with van der Waals surface area (Å²) < 4.78 is 0. The number of rotatable bonds is 4. The third-order valence-corrected chi connectivity index (χ3v) is 4.11. The highest BCUT2D eigenvalue weighted by molar-refractivity contribution is 5.78. The summed E-state index contributed by atoms with van der Waals surface area (Å²) in [5.74, 6) is -0.449. The van der Waals surface area contributed by atoms with E-state index in [2.05, 4.69) is 15.1 Å². The van der Waals surface area contributed by atoms with E-state index < -0.39 is 5.97 Å². The zero-order valence-electron chi connectivity index (χ0n) is 13.2. The van der Waals surface area contributed by atoms with Crippen molar-refractivity contribution >= 4 is 23.2 Å². The summed E-state index contributed by atoms with van der Waals surface area (Å²) in [6.07, 6.45) is 0. The van der Waals surface area contributed by atoms with Gasteiger partial charge in [-0.15, -0.1) is 10.2 Å². The normalized spacial score (nSPS) is 15.4. The van der Waals surface area contributed by atoms with E-state index in [4.69, 9.17) is 16.6 Å². The number of nitrogens with two attached hydrogens (primary N) is 2. The minimum atomic E-state index is -0.810. The first-order valence-corrected chi connectivity index (χ1v) is 7.72. The summed E-state index contributed by atoms with van der Waals surface area (Å²) in [5, 5.41) is 17.1. The highest BCUT2D eigenvalue weighted by atomic mass is 16.4. The van der Waals surface area contributed by atoms with Crippen molar-refractivity contribution in [3.05, 3.63) is 30.3 Å². The number of carboxylic acid groups (broad SMARTS) is 1. The maximum absolute atomic E-state index is 10.8. The number of aliphatic carboxylic acids is 1. The molecular formula is C16H20N6O2. The van der Waals surface area contributed by atoms with Crippen LogP contribution in [-0.2, 0) is 4.79 Å². The molecule has 0 aliphatic carbocycles. The maximum atomic E-state index is 10.8. The molecule has 5 N–H and O–H groups in total. The van der Waals surface area contributed by atoms with E-state index in [1.807, 2.05) is 35.2 Å². The second-order valence-electron chi connectivity index (χ2n) is 5.74. The standard InChI is InChI=1S/C16H20N6O2/c17-12-4-2-1-3-11(12)13-9-14(16(18)20-19-13)22-7-5-21(6-8-22)10-15(23)24/h1-4,9H,5-8,10,17H2,(H2,18,20)(H,23,24). The molecule has 0 unspecified atom stereocenters. The number of nitrogens with zero attached hydrogens (tertiary/aromatic N) is 4. The van der Waals surface area contributed by atoms with Crippen molar-refractivity contribution in [3.8, 4) is 11.3 Å².